The van der Waals surface area contributed by atoms with Crippen LogP contribution in [-0.4, -0.2) is 13.3 Å². The first-order valence-electron chi connectivity index (χ1n) is 10.1. The van der Waals surface area contributed by atoms with Gasteiger partial charge < -0.3 is 14.4 Å². The molecule has 0 bridgehead atoms. The lowest BCUT2D eigenvalue weighted by Crippen LogP contribution is -2.31. The highest BCUT2D eigenvalue weighted by molar-refractivity contribution is 5.51. The van der Waals surface area contributed by atoms with E-state index in [0.717, 1.165) is 30.9 Å². The predicted octanol–water partition coefficient (Wildman–Crippen LogP) is 5.60. The van der Waals surface area contributed by atoms with Gasteiger partial charge in [-0.1, -0.05) is 43.3 Å². The normalized spacial score (nSPS) is 13.0. The maximum absolute atomic E-state index is 5.98. The van der Waals surface area contributed by atoms with E-state index in [4.69, 9.17) is 9.47 Å². The van der Waals surface area contributed by atoms with Crippen molar-refractivity contribution in [1.82, 2.24) is 0 Å². The fraction of sp³-hybridized carbons (Fsp3) is 0.280. The molecule has 0 aromatic heterocycles. The minimum atomic E-state index is 0.592. The zero-order chi connectivity index (χ0) is 19.3. The summed E-state index contributed by atoms with van der Waals surface area (Å²) < 4.78 is 11.7. The van der Waals surface area contributed by atoms with Gasteiger partial charge in [-0.05, 0) is 66.8 Å². The fourth-order valence-electron chi connectivity index (χ4n) is 3.76. The number of anilines is 1. The van der Waals surface area contributed by atoms with E-state index in [2.05, 4.69) is 72.5 Å². The summed E-state index contributed by atoms with van der Waals surface area (Å²) in [6.45, 7) is 6.37. The highest BCUT2D eigenvalue weighted by atomic mass is 16.5. The molecular formula is C25H27NO2. The molecule has 1 aliphatic heterocycles. The topological polar surface area (TPSA) is 21.7 Å². The molecule has 0 fully saturated rings. The Morgan fingerprint density at radius 2 is 1.71 bits per heavy atom. The van der Waals surface area contributed by atoms with Crippen LogP contribution in [0.3, 0.4) is 0 Å². The summed E-state index contributed by atoms with van der Waals surface area (Å²) in [5.41, 5.74) is 6.34. The Kier molecular flexibility index (Phi) is 5.52. The molecule has 28 heavy (non-hydrogen) atoms. The quantitative estimate of drug-likeness (QED) is 0.562. The van der Waals surface area contributed by atoms with Gasteiger partial charge in [0.15, 0.2) is 6.73 Å². The van der Waals surface area contributed by atoms with Crippen molar-refractivity contribution in [2.24, 2.45) is 0 Å². The molecule has 1 heterocycles. The average Bonchev–Trinajstić information content (AvgIpc) is 2.75. The zero-order valence-electron chi connectivity index (χ0n) is 16.7. The van der Waals surface area contributed by atoms with E-state index in [-0.39, 0.29) is 0 Å². The average molecular weight is 373 g/mol. The third-order valence-electron chi connectivity index (χ3n) is 5.20. The summed E-state index contributed by atoms with van der Waals surface area (Å²) in [4.78, 5) is 2.26. The van der Waals surface area contributed by atoms with E-state index in [9.17, 15) is 0 Å². The third kappa shape index (κ3) is 3.99. The summed E-state index contributed by atoms with van der Waals surface area (Å²) in [7, 11) is 0. The van der Waals surface area contributed by atoms with Crippen molar-refractivity contribution < 1.29 is 9.47 Å². The van der Waals surface area contributed by atoms with Gasteiger partial charge >= 0.3 is 0 Å². The maximum atomic E-state index is 5.98. The minimum Gasteiger partial charge on any atom is -0.494 e. The molecular weight excluding hydrogens is 346 g/mol. The highest BCUT2D eigenvalue weighted by Gasteiger charge is 2.18. The zero-order valence-corrected chi connectivity index (χ0v) is 16.7. The Morgan fingerprint density at radius 3 is 2.50 bits per heavy atom. The van der Waals surface area contributed by atoms with Crippen molar-refractivity contribution >= 4 is 5.69 Å². The summed E-state index contributed by atoms with van der Waals surface area (Å²) in [5, 5.41) is 0. The van der Waals surface area contributed by atoms with Crippen molar-refractivity contribution in [2.45, 2.75) is 33.2 Å². The second-order valence-corrected chi connectivity index (χ2v) is 7.15. The molecule has 0 radical (unpaired) electrons. The van der Waals surface area contributed by atoms with Gasteiger partial charge in [0.1, 0.15) is 11.5 Å². The lowest BCUT2D eigenvalue weighted by molar-refractivity contribution is 0.289. The second kappa shape index (κ2) is 8.39. The molecule has 144 valence electrons. The molecule has 3 nitrogen and oxygen atoms in total. The molecule has 0 saturated heterocycles. The number of rotatable bonds is 6. The number of ether oxygens (including phenoxy) is 2. The van der Waals surface area contributed by atoms with Crippen LogP contribution >= 0.6 is 0 Å². The number of benzene rings is 3. The molecule has 3 aromatic carbocycles. The van der Waals surface area contributed by atoms with E-state index < -0.39 is 0 Å². The van der Waals surface area contributed by atoms with Crippen LogP contribution in [0.4, 0.5) is 5.69 Å². The monoisotopic (exact) mass is 373 g/mol. The Hall–Kier alpha value is -2.94. The van der Waals surface area contributed by atoms with Gasteiger partial charge in [0, 0.05) is 17.8 Å². The van der Waals surface area contributed by atoms with Crippen LogP contribution in [0.25, 0.3) is 0 Å². The molecule has 0 atom stereocenters. The van der Waals surface area contributed by atoms with Gasteiger partial charge in [0.05, 0.1) is 6.61 Å². The van der Waals surface area contributed by atoms with Crippen molar-refractivity contribution in [3.05, 3.63) is 89.0 Å². The Labute approximate surface area is 167 Å². The molecule has 0 saturated carbocycles. The maximum Gasteiger partial charge on any atom is 0.161 e. The molecule has 3 aromatic rings. The van der Waals surface area contributed by atoms with Gasteiger partial charge in [-0.3, -0.25) is 0 Å². The van der Waals surface area contributed by atoms with Crippen LogP contribution in [0.2, 0.25) is 0 Å². The number of fused-ring (bicyclic) bond motifs is 1. The Bertz CT molecular complexity index is 937. The molecule has 4 rings (SSSR count). The van der Waals surface area contributed by atoms with Crippen LogP contribution < -0.4 is 14.4 Å². The lowest BCUT2D eigenvalue weighted by atomic mass is 9.99. The highest BCUT2D eigenvalue weighted by Crippen LogP contribution is 2.30. The lowest BCUT2D eigenvalue weighted by Gasteiger charge is -2.31. The van der Waals surface area contributed by atoms with Gasteiger partial charge in [-0.2, -0.15) is 0 Å². The molecule has 0 N–H and O–H groups in total. The minimum absolute atomic E-state index is 0.592. The Balaban J connectivity index is 1.53. The van der Waals surface area contributed by atoms with Gasteiger partial charge in [-0.15, -0.1) is 0 Å². The molecule has 0 amide bonds. The third-order valence-corrected chi connectivity index (χ3v) is 5.20. The number of hydrogen-bond donors (Lipinski definition) is 0. The number of hydrogen-bond acceptors (Lipinski definition) is 3. The van der Waals surface area contributed by atoms with Crippen molar-refractivity contribution in [3.63, 3.8) is 0 Å². The molecule has 1 aliphatic rings. The van der Waals surface area contributed by atoms with E-state index in [1.165, 1.54) is 27.9 Å². The van der Waals surface area contributed by atoms with E-state index in [0.29, 0.717) is 13.3 Å². The van der Waals surface area contributed by atoms with Gasteiger partial charge in [0.25, 0.3) is 0 Å². The number of nitrogens with zero attached hydrogens (tertiary/aromatic N) is 1. The Morgan fingerprint density at radius 1 is 0.929 bits per heavy atom. The molecule has 3 heteroatoms. The van der Waals surface area contributed by atoms with Crippen LogP contribution in [0.1, 0.15) is 36.1 Å². The fourth-order valence-corrected chi connectivity index (χ4v) is 3.76. The van der Waals surface area contributed by atoms with Gasteiger partial charge in [0.2, 0.25) is 0 Å². The number of aryl methyl sites for hydroxylation is 1. The standard InChI is InChI=1S/C25H27NO2/c1-3-21-15-19(10-12-24(21)27-4-2)14-20-11-13-25-22(16-20)17-26(18-28-25)23-8-6-5-7-9-23/h5-13,15-16H,3-4,14,17-18H2,1-2H3. The first-order chi connectivity index (χ1) is 13.8. The van der Waals surface area contributed by atoms with Crippen LogP contribution in [-0.2, 0) is 19.4 Å². The smallest absolute Gasteiger partial charge is 0.161 e. The van der Waals surface area contributed by atoms with Gasteiger partial charge in [-0.25, -0.2) is 0 Å². The van der Waals surface area contributed by atoms with E-state index in [1.54, 1.807) is 0 Å². The first kappa shape index (κ1) is 18.4. The summed E-state index contributed by atoms with van der Waals surface area (Å²) >= 11 is 0. The van der Waals surface area contributed by atoms with Crippen LogP contribution in [0.15, 0.2) is 66.7 Å². The van der Waals surface area contributed by atoms with Crippen molar-refractivity contribution in [1.29, 1.82) is 0 Å². The van der Waals surface area contributed by atoms with Crippen LogP contribution in [0.5, 0.6) is 11.5 Å². The van der Waals surface area contributed by atoms with Crippen molar-refractivity contribution in [3.8, 4) is 11.5 Å². The summed E-state index contributed by atoms with van der Waals surface area (Å²) in [6.07, 6.45) is 1.89. The van der Waals surface area contributed by atoms with Crippen LogP contribution in [0, 0.1) is 0 Å². The molecule has 0 aliphatic carbocycles. The SMILES string of the molecule is CCOc1ccc(Cc2ccc3c(c2)CN(c2ccccc2)CO3)cc1CC. The largest absolute Gasteiger partial charge is 0.494 e. The van der Waals surface area contributed by atoms with E-state index in [1.807, 2.05) is 13.0 Å². The summed E-state index contributed by atoms with van der Waals surface area (Å²) in [5.74, 6) is 2.00. The predicted molar refractivity (Wildman–Crippen MR) is 114 cm³/mol. The molecule has 0 unspecified atom stereocenters. The summed E-state index contributed by atoms with van der Waals surface area (Å²) in [6, 6.07) is 23.6. The van der Waals surface area contributed by atoms with Crippen molar-refractivity contribution in [2.75, 3.05) is 18.2 Å². The van der Waals surface area contributed by atoms with E-state index >= 15 is 0 Å². The second-order valence-electron chi connectivity index (χ2n) is 7.15. The number of para-hydroxylation sites is 1. The first-order valence-corrected chi connectivity index (χ1v) is 10.1. The molecule has 0 spiro atoms.